The lowest BCUT2D eigenvalue weighted by Crippen LogP contribution is -2.21. The predicted octanol–water partition coefficient (Wildman–Crippen LogP) is 3.46. The first-order valence-electron chi connectivity index (χ1n) is 7.27. The maximum Gasteiger partial charge on any atom is 0.0720 e. The van der Waals surface area contributed by atoms with Gasteiger partial charge in [-0.2, -0.15) is 0 Å². The van der Waals surface area contributed by atoms with Gasteiger partial charge in [0.2, 0.25) is 0 Å². The van der Waals surface area contributed by atoms with E-state index in [1.807, 2.05) is 0 Å². The fourth-order valence-corrected chi connectivity index (χ4v) is 3.12. The van der Waals surface area contributed by atoms with Crippen molar-refractivity contribution in [2.75, 3.05) is 0 Å². The summed E-state index contributed by atoms with van der Waals surface area (Å²) in [6.07, 6.45) is 7.76. The standard InChI is InChI=1S/C16H21NO2/c18-17-15-6-8-16(9-7-15)19-11-12-4-5-13-2-1-3-14(13)10-12/h4-5,10,16,18H,1-3,6-9,11H2. The molecule has 3 rings (SSSR count). The Bertz CT molecular complexity index is 472. The Hall–Kier alpha value is -1.35. The Morgan fingerprint density at radius 1 is 1.11 bits per heavy atom. The molecule has 1 fully saturated rings. The van der Waals surface area contributed by atoms with E-state index in [4.69, 9.17) is 9.94 Å². The Kier molecular flexibility index (Phi) is 3.83. The molecule has 3 heteroatoms. The molecule has 0 spiro atoms. The van der Waals surface area contributed by atoms with Crippen LogP contribution in [0.1, 0.15) is 48.8 Å². The summed E-state index contributed by atoms with van der Waals surface area (Å²) in [4.78, 5) is 0. The van der Waals surface area contributed by atoms with E-state index in [2.05, 4.69) is 23.4 Å². The smallest absolute Gasteiger partial charge is 0.0720 e. The van der Waals surface area contributed by atoms with E-state index in [1.165, 1.54) is 36.0 Å². The molecule has 3 nitrogen and oxygen atoms in total. The highest BCUT2D eigenvalue weighted by atomic mass is 16.5. The average Bonchev–Trinajstić information content (AvgIpc) is 2.93. The SMILES string of the molecule is ON=C1CCC(OCc2ccc3c(c2)CCC3)CC1. The second-order valence-electron chi connectivity index (χ2n) is 5.63. The van der Waals surface area contributed by atoms with Gasteiger partial charge in [0.1, 0.15) is 0 Å². The summed E-state index contributed by atoms with van der Waals surface area (Å²) in [5.74, 6) is 0. The van der Waals surface area contributed by atoms with E-state index in [1.54, 1.807) is 0 Å². The van der Waals surface area contributed by atoms with Crippen LogP contribution < -0.4 is 0 Å². The van der Waals surface area contributed by atoms with E-state index in [9.17, 15) is 0 Å². The predicted molar refractivity (Wildman–Crippen MR) is 74.7 cm³/mol. The molecule has 0 saturated heterocycles. The van der Waals surface area contributed by atoms with Crippen LogP contribution in [0.25, 0.3) is 0 Å². The molecule has 0 aliphatic heterocycles. The molecule has 0 radical (unpaired) electrons. The van der Waals surface area contributed by atoms with E-state index >= 15 is 0 Å². The minimum atomic E-state index is 0.318. The third kappa shape index (κ3) is 2.98. The van der Waals surface area contributed by atoms with Crippen molar-refractivity contribution in [1.82, 2.24) is 0 Å². The number of oxime groups is 1. The van der Waals surface area contributed by atoms with Crippen LogP contribution in [0.2, 0.25) is 0 Å². The van der Waals surface area contributed by atoms with Gasteiger partial charge >= 0.3 is 0 Å². The lowest BCUT2D eigenvalue weighted by molar-refractivity contribution is 0.0277. The van der Waals surface area contributed by atoms with Gasteiger partial charge in [0, 0.05) is 0 Å². The van der Waals surface area contributed by atoms with Crippen molar-refractivity contribution in [3.63, 3.8) is 0 Å². The first kappa shape index (κ1) is 12.7. The summed E-state index contributed by atoms with van der Waals surface area (Å²) >= 11 is 0. The van der Waals surface area contributed by atoms with E-state index in [-0.39, 0.29) is 0 Å². The van der Waals surface area contributed by atoms with Gasteiger partial charge in [-0.3, -0.25) is 0 Å². The van der Waals surface area contributed by atoms with E-state index < -0.39 is 0 Å². The molecule has 1 N–H and O–H groups in total. The number of rotatable bonds is 3. The largest absolute Gasteiger partial charge is 0.411 e. The summed E-state index contributed by atoms with van der Waals surface area (Å²) in [6, 6.07) is 6.78. The molecule has 0 bridgehead atoms. The highest BCUT2D eigenvalue weighted by Gasteiger charge is 2.18. The summed E-state index contributed by atoms with van der Waals surface area (Å²) in [7, 11) is 0. The first-order chi connectivity index (χ1) is 9.35. The number of hydrogen-bond donors (Lipinski definition) is 1. The second-order valence-corrected chi connectivity index (χ2v) is 5.63. The van der Waals surface area contributed by atoms with Crippen molar-refractivity contribution in [3.05, 3.63) is 34.9 Å². The maximum absolute atomic E-state index is 8.72. The molecule has 0 amide bonds. The molecule has 0 unspecified atom stereocenters. The molecule has 19 heavy (non-hydrogen) atoms. The minimum absolute atomic E-state index is 0.318. The number of aryl methyl sites for hydroxylation is 2. The van der Waals surface area contributed by atoms with Crippen LogP contribution in [-0.2, 0) is 24.2 Å². The molecule has 0 atom stereocenters. The summed E-state index contributed by atoms with van der Waals surface area (Å²) in [5.41, 5.74) is 5.24. The van der Waals surface area contributed by atoms with Crippen LogP contribution in [0.5, 0.6) is 0 Å². The zero-order valence-electron chi connectivity index (χ0n) is 11.3. The molecule has 102 valence electrons. The second kappa shape index (κ2) is 5.74. The monoisotopic (exact) mass is 259 g/mol. The first-order valence-corrected chi connectivity index (χ1v) is 7.27. The summed E-state index contributed by atoms with van der Waals surface area (Å²) in [5, 5.41) is 12.0. The van der Waals surface area contributed by atoms with Gasteiger partial charge < -0.3 is 9.94 Å². The third-order valence-corrected chi connectivity index (χ3v) is 4.30. The highest BCUT2D eigenvalue weighted by Crippen LogP contribution is 2.24. The van der Waals surface area contributed by atoms with Crippen molar-refractivity contribution in [1.29, 1.82) is 0 Å². The van der Waals surface area contributed by atoms with Crippen molar-refractivity contribution in [2.45, 2.75) is 57.7 Å². The van der Waals surface area contributed by atoms with Gasteiger partial charge in [0.05, 0.1) is 18.4 Å². The number of fused-ring (bicyclic) bond motifs is 1. The van der Waals surface area contributed by atoms with Crippen molar-refractivity contribution < 1.29 is 9.94 Å². The lowest BCUT2D eigenvalue weighted by Gasteiger charge is -2.22. The lowest BCUT2D eigenvalue weighted by atomic mass is 9.96. The number of ether oxygens (including phenoxy) is 1. The molecule has 2 aliphatic carbocycles. The highest BCUT2D eigenvalue weighted by molar-refractivity contribution is 5.84. The molecular weight excluding hydrogens is 238 g/mol. The summed E-state index contributed by atoms with van der Waals surface area (Å²) in [6.45, 7) is 0.712. The van der Waals surface area contributed by atoms with Crippen LogP contribution in [0.4, 0.5) is 0 Å². The number of hydrogen-bond acceptors (Lipinski definition) is 3. The number of benzene rings is 1. The zero-order valence-corrected chi connectivity index (χ0v) is 11.3. The Morgan fingerprint density at radius 2 is 1.89 bits per heavy atom. The molecular formula is C16H21NO2. The maximum atomic E-state index is 8.72. The quantitative estimate of drug-likeness (QED) is 0.667. The molecule has 0 heterocycles. The topological polar surface area (TPSA) is 41.8 Å². The Morgan fingerprint density at radius 3 is 2.68 bits per heavy atom. The minimum Gasteiger partial charge on any atom is -0.411 e. The average molecular weight is 259 g/mol. The van der Waals surface area contributed by atoms with Crippen LogP contribution >= 0.6 is 0 Å². The van der Waals surface area contributed by atoms with Crippen LogP contribution in [0, 0.1) is 0 Å². The van der Waals surface area contributed by atoms with Crippen LogP contribution in [-0.4, -0.2) is 17.0 Å². The fourth-order valence-electron chi connectivity index (χ4n) is 3.12. The molecule has 0 aromatic heterocycles. The van der Waals surface area contributed by atoms with Gasteiger partial charge in [-0.05, 0) is 61.6 Å². The van der Waals surface area contributed by atoms with Gasteiger partial charge in [-0.1, -0.05) is 23.4 Å². The molecule has 1 aromatic carbocycles. The van der Waals surface area contributed by atoms with Crippen molar-refractivity contribution in [3.8, 4) is 0 Å². The van der Waals surface area contributed by atoms with Crippen molar-refractivity contribution >= 4 is 5.71 Å². The van der Waals surface area contributed by atoms with Gasteiger partial charge in [0.15, 0.2) is 0 Å². The summed E-state index contributed by atoms with van der Waals surface area (Å²) < 4.78 is 5.98. The van der Waals surface area contributed by atoms with E-state index in [0.29, 0.717) is 12.7 Å². The Balaban J connectivity index is 1.52. The van der Waals surface area contributed by atoms with Crippen molar-refractivity contribution in [2.24, 2.45) is 5.16 Å². The number of nitrogens with zero attached hydrogens (tertiary/aromatic N) is 1. The third-order valence-electron chi connectivity index (χ3n) is 4.30. The van der Waals surface area contributed by atoms with E-state index in [0.717, 1.165) is 31.4 Å². The zero-order chi connectivity index (χ0) is 13.1. The van der Waals surface area contributed by atoms with Gasteiger partial charge in [0.25, 0.3) is 0 Å². The molecule has 1 aromatic rings. The molecule has 1 saturated carbocycles. The van der Waals surface area contributed by atoms with Crippen LogP contribution in [0.3, 0.4) is 0 Å². The van der Waals surface area contributed by atoms with Gasteiger partial charge in [-0.15, -0.1) is 0 Å². The van der Waals surface area contributed by atoms with Crippen LogP contribution in [0.15, 0.2) is 23.4 Å². The normalized spacial score (nSPS) is 22.3. The fraction of sp³-hybridized carbons (Fsp3) is 0.562. The Labute approximate surface area is 114 Å². The molecule has 2 aliphatic rings. The van der Waals surface area contributed by atoms with Gasteiger partial charge in [-0.25, -0.2) is 0 Å².